The number of halogens is 1. The van der Waals surface area contributed by atoms with E-state index in [9.17, 15) is 9.18 Å². The third kappa shape index (κ3) is 4.13. The van der Waals surface area contributed by atoms with Gasteiger partial charge in [-0.15, -0.1) is 0 Å². The van der Waals surface area contributed by atoms with Crippen LogP contribution in [0.5, 0.6) is 0 Å². The number of alkyl halides is 1. The Balaban J connectivity index is 3.45. The zero-order valence-electron chi connectivity index (χ0n) is 5.98. The number of aldehydes is 1. The van der Waals surface area contributed by atoms with Crippen LogP contribution in [0, 0.1) is 5.41 Å². The highest BCUT2D eigenvalue weighted by atomic mass is 19.1. The van der Waals surface area contributed by atoms with Crippen LogP contribution in [0.1, 0.15) is 26.7 Å². The molecule has 0 aromatic carbocycles. The van der Waals surface area contributed by atoms with E-state index in [2.05, 4.69) is 0 Å². The first-order valence-electron chi connectivity index (χ1n) is 3.15. The van der Waals surface area contributed by atoms with Crippen molar-refractivity contribution < 1.29 is 9.18 Å². The molecule has 2 heteroatoms. The molecule has 0 radical (unpaired) electrons. The molecule has 0 rings (SSSR count). The second-order valence-electron chi connectivity index (χ2n) is 2.90. The molecule has 0 atom stereocenters. The molecular weight excluding hydrogens is 119 g/mol. The first kappa shape index (κ1) is 8.60. The second-order valence-corrected chi connectivity index (χ2v) is 2.90. The van der Waals surface area contributed by atoms with Crippen LogP contribution in [0.2, 0.25) is 0 Å². The lowest BCUT2D eigenvalue weighted by Crippen LogP contribution is -2.12. The van der Waals surface area contributed by atoms with E-state index in [4.69, 9.17) is 0 Å². The summed E-state index contributed by atoms with van der Waals surface area (Å²) in [6.07, 6.45) is 2.02. The number of carbonyl (C=O) groups excluding carboxylic acids is 1. The first-order valence-corrected chi connectivity index (χ1v) is 3.15. The summed E-state index contributed by atoms with van der Waals surface area (Å²) < 4.78 is 11.5. The Morgan fingerprint density at radius 2 is 2.11 bits per heavy atom. The highest BCUT2D eigenvalue weighted by Crippen LogP contribution is 2.18. The molecule has 0 N–H and O–H groups in total. The van der Waals surface area contributed by atoms with Crippen LogP contribution in [-0.4, -0.2) is 13.0 Å². The van der Waals surface area contributed by atoms with E-state index in [1.807, 2.05) is 13.8 Å². The summed E-state index contributed by atoms with van der Waals surface area (Å²) in [6, 6.07) is 0. The van der Waals surface area contributed by atoms with Crippen LogP contribution in [0.25, 0.3) is 0 Å². The van der Waals surface area contributed by atoms with Crippen molar-refractivity contribution in [2.45, 2.75) is 26.7 Å². The summed E-state index contributed by atoms with van der Waals surface area (Å²) in [5.74, 6) is 0. The van der Waals surface area contributed by atoms with E-state index in [0.29, 0.717) is 12.8 Å². The Kier molecular flexibility index (Phi) is 3.43. The molecule has 0 aliphatic carbocycles. The molecule has 0 heterocycles. The fourth-order valence-electron chi connectivity index (χ4n) is 0.581. The van der Waals surface area contributed by atoms with E-state index in [1.165, 1.54) is 0 Å². The third-order valence-corrected chi connectivity index (χ3v) is 1.27. The molecule has 0 aromatic heterocycles. The third-order valence-electron chi connectivity index (χ3n) is 1.27. The Morgan fingerprint density at radius 1 is 1.56 bits per heavy atom. The monoisotopic (exact) mass is 132 g/mol. The number of hydrogen-bond donors (Lipinski definition) is 0. The smallest absolute Gasteiger partial charge is 0.125 e. The van der Waals surface area contributed by atoms with Crippen LogP contribution in [-0.2, 0) is 4.79 Å². The minimum Gasteiger partial charge on any atom is -0.303 e. The van der Waals surface area contributed by atoms with Crippen molar-refractivity contribution in [1.29, 1.82) is 0 Å². The summed E-state index contributed by atoms with van der Waals surface area (Å²) in [6.45, 7) is 3.31. The number of carbonyl (C=O) groups is 1. The van der Waals surface area contributed by atoms with Crippen molar-refractivity contribution in [3.8, 4) is 0 Å². The summed E-state index contributed by atoms with van der Waals surface area (Å²) in [5.41, 5.74) is -0.327. The molecular formula is C7H13FO. The van der Waals surface area contributed by atoms with Gasteiger partial charge in [0.25, 0.3) is 0 Å². The zero-order chi connectivity index (χ0) is 7.33. The Morgan fingerprint density at radius 3 is 2.44 bits per heavy atom. The zero-order valence-corrected chi connectivity index (χ0v) is 5.98. The maximum Gasteiger partial charge on any atom is 0.125 e. The average molecular weight is 132 g/mol. The predicted molar refractivity (Wildman–Crippen MR) is 35.1 cm³/mol. The van der Waals surface area contributed by atoms with Gasteiger partial charge in [0.15, 0.2) is 0 Å². The topological polar surface area (TPSA) is 17.1 Å². The Hall–Kier alpha value is -0.400. The molecule has 0 aromatic rings. The van der Waals surface area contributed by atoms with Crippen molar-refractivity contribution in [2.24, 2.45) is 5.41 Å². The van der Waals surface area contributed by atoms with Gasteiger partial charge in [0, 0.05) is 5.41 Å². The van der Waals surface area contributed by atoms with Crippen LogP contribution in [0.15, 0.2) is 0 Å². The molecule has 0 bridgehead atoms. The van der Waals surface area contributed by atoms with Crippen LogP contribution < -0.4 is 0 Å². The maximum absolute atomic E-state index is 11.5. The molecule has 9 heavy (non-hydrogen) atoms. The molecule has 1 nitrogen and oxygen atoms in total. The van der Waals surface area contributed by atoms with E-state index in [1.54, 1.807) is 0 Å². The fraction of sp³-hybridized carbons (Fsp3) is 0.857. The lowest BCUT2D eigenvalue weighted by atomic mass is 9.90. The van der Waals surface area contributed by atoms with Crippen molar-refractivity contribution >= 4 is 6.29 Å². The molecule has 0 saturated heterocycles. The van der Waals surface area contributed by atoms with Gasteiger partial charge < -0.3 is 4.79 Å². The van der Waals surface area contributed by atoms with E-state index >= 15 is 0 Å². The average Bonchev–Trinajstić information content (AvgIpc) is 1.84. The van der Waals surface area contributed by atoms with Gasteiger partial charge in [-0.05, 0) is 12.8 Å². The normalized spacial score (nSPS) is 11.4. The van der Waals surface area contributed by atoms with Crippen molar-refractivity contribution in [2.75, 3.05) is 6.67 Å². The van der Waals surface area contributed by atoms with Gasteiger partial charge in [0.05, 0.1) is 6.67 Å². The molecule has 0 amide bonds. The highest BCUT2D eigenvalue weighted by Gasteiger charge is 2.14. The van der Waals surface area contributed by atoms with Gasteiger partial charge >= 0.3 is 0 Å². The quantitative estimate of drug-likeness (QED) is 0.534. The van der Waals surface area contributed by atoms with E-state index in [0.717, 1.165) is 6.29 Å². The van der Waals surface area contributed by atoms with Gasteiger partial charge in [-0.3, -0.25) is 4.39 Å². The van der Waals surface area contributed by atoms with Crippen LogP contribution >= 0.6 is 0 Å². The summed E-state index contributed by atoms with van der Waals surface area (Å²) in [7, 11) is 0. The highest BCUT2D eigenvalue weighted by molar-refractivity contribution is 5.57. The Bertz CT molecular complexity index is 88.9. The molecule has 0 saturated carbocycles. The lowest BCUT2D eigenvalue weighted by Gasteiger charge is -2.14. The summed E-state index contributed by atoms with van der Waals surface area (Å²) in [5, 5.41) is 0. The molecule has 0 aliphatic rings. The predicted octanol–water partition coefficient (Wildman–Crippen LogP) is 1.96. The largest absolute Gasteiger partial charge is 0.303 e. The van der Waals surface area contributed by atoms with Crippen LogP contribution in [0.4, 0.5) is 4.39 Å². The first-order chi connectivity index (χ1) is 4.12. The molecule has 0 fully saturated rings. The molecule has 54 valence electrons. The summed E-state index contributed by atoms with van der Waals surface area (Å²) >= 11 is 0. The molecule has 0 unspecified atom stereocenters. The van der Waals surface area contributed by atoms with E-state index in [-0.39, 0.29) is 12.1 Å². The van der Waals surface area contributed by atoms with Crippen molar-refractivity contribution in [3.63, 3.8) is 0 Å². The van der Waals surface area contributed by atoms with Gasteiger partial charge in [-0.2, -0.15) is 0 Å². The van der Waals surface area contributed by atoms with Crippen molar-refractivity contribution in [3.05, 3.63) is 0 Å². The second kappa shape index (κ2) is 3.59. The standard InChI is InChI=1S/C7H13FO/c1-7(2,6-9)4-3-5-8/h6H,3-5H2,1-2H3. The SMILES string of the molecule is CC(C)(C=O)CCCF. The molecule has 0 aliphatic heterocycles. The van der Waals surface area contributed by atoms with E-state index < -0.39 is 0 Å². The maximum atomic E-state index is 11.5. The lowest BCUT2D eigenvalue weighted by molar-refractivity contribution is -0.115. The fourth-order valence-corrected chi connectivity index (χ4v) is 0.581. The van der Waals surface area contributed by atoms with Gasteiger partial charge in [0.1, 0.15) is 6.29 Å². The Labute approximate surface area is 55.3 Å². The van der Waals surface area contributed by atoms with Gasteiger partial charge in [-0.25, -0.2) is 0 Å². The number of rotatable bonds is 4. The van der Waals surface area contributed by atoms with Crippen LogP contribution in [0.3, 0.4) is 0 Å². The van der Waals surface area contributed by atoms with Gasteiger partial charge in [0.2, 0.25) is 0 Å². The minimum atomic E-state index is -0.327. The summed E-state index contributed by atoms with van der Waals surface area (Å²) in [4.78, 5) is 10.2. The van der Waals surface area contributed by atoms with Crippen molar-refractivity contribution in [1.82, 2.24) is 0 Å². The molecule has 0 spiro atoms. The number of hydrogen-bond acceptors (Lipinski definition) is 1. The minimum absolute atomic E-state index is 0.322. The van der Waals surface area contributed by atoms with Gasteiger partial charge in [-0.1, -0.05) is 13.8 Å².